The Balaban J connectivity index is 1.85. The average molecular weight is 423 g/mol. The van der Waals surface area contributed by atoms with Crippen LogP contribution in [0.1, 0.15) is 30.1 Å². The Bertz CT molecular complexity index is 972. The van der Waals surface area contributed by atoms with Crippen LogP contribution >= 0.6 is 11.6 Å². The van der Waals surface area contributed by atoms with Gasteiger partial charge in [0.25, 0.3) is 15.9 Å². The molecule has 1 N–H and O–H groups in total. The molecule has 0 aliphatic heterocycles. The van der Waals surface area contributed by atoms with Crippen molar-refractivity contribution in [2.45, 2.75) is 30.7 Å². The normalized spacial score (nSPS) is 15.0. The summed E-state index contributed by atoms with van der Waals surface area (Å²) in [5.74, 6) is 0.902. The maximum Gasteiger partial charge on any atom is 0.263 e. The summed E-state index contributed by atoms with van der Waals surface area (Å²) in [5, 5.41) is 0.0513. The van der Waals surface area contributed by atoms with E-state index in [9.17, 15) is 13.2 Å². The number of nitrogens with zero attached hydrogens (tertiary/aromatic N) is 1. The zero-order chi connectivity index (χ0) is 20.5. The molecule has 0 radical (unpaired) electrons. The molecule has 6 nitrogen and oxygen atoms in total. The monoisotopic (exact) mass is 422 g/mol. The van der Waals surface area contributed by atoms with Gasteiger partial charge in [-0.3, -0.25) is 9.52 Å². The predicted octanol–water partition coefficient (Wildman–Crippen LogP) is 4.02. The van der Waals surface area contributed by atoms with Crippen molar-refractivity contribution in [3.63, 3.8) is 0 Å². The van der Waals surface area contributed by atoms with Crippen LogP contribution in [-0.4, -0.2) is 39.4 Å². The highest BCUT2D eigenvalue weighted by molar-refractivity contribution is 7.92. The van der Waals surface area contributed by atoms with Gasteiger partial charge in [-0.1, -0.05) is 11.6 Å². The Morgan fingerprint density at radius 1 is 1.21 bits per heavy atom. The zero-order valence-corrected chi connectivity index (χ0v) is 17.5. The van der Waals surface area contributed by atoms with Crippen LogP contribution in [0.5, 0.6) is 5.75 Å². The van der Waals surface area contributed by atoms with E-state index in [-0.39, 0.29) is 27.4 Å². The number of rotatable bonds is 7. The molecule has 8 heteroatoms. The number of hydrogen-bond donors (Lipinski definition) is 1. The number of amides is 1. The van der Waals surface area contributed by atoms with Crippen LogP contribution in [0.25, 0.3) is 0 Å². The van der Waals surface area contributed by atoms with Crippen molar-refractivity contribution < 1.29 is 17.9 Å². The first-order valence-electron chi connectivity index (χ1n) is 8.96. The third-order valence-electron chi connectivity index (χ3n) is 5.05. The number of hydrogen-bond acceptors (Lipinski definition) is 4. The van der Waals surface area contributed by atoms with Crippen LogP contribution in [0.3, 0.4) is 0 Å². The Labute approximate surface area is 170 Å². The van der Waals surface area contributed by atoms with Crippen LogP contribution in [0, 0.1) is 5.92 Å². The van der Waals surface area contributed by atoms with Crippen LogP contribution in [0.4, 0.5) is 5.69 Å². The van der Waals surface area contributed by atoms with Crippen LogP contribution in [0.2, 0.25) is 5.02 Å². The fourth-order valence-corrected chi connectivity index (χ4v) is 4.58. The fraction of sp³-hybridized carbons (Fsp3) is 0.350. The van der Waals surface area contributed by atoms with Crippen LogP contribution < -0.4 is 9.46 Å². The third-order valence-corrected chi connectivity index (χ3v) is 6.91. The van der Waals surface area contributed by atoms with Gasteiger partial charge in [-0.15, -0.1) is 0 Å². The van der Waals surface area contributed by atoms with E-state index in [2.05, 4.69) is 4.72 Å². The van der Waals surface area contributed by atoms with E-state index < -0.39 is 10.0 Å². The van der Waals surface area contributed by atoms with Gasteiger partial charge in [0.2, 0.25) is 0 Å². The number of nitrogens with one attached hydrogen (secondary N) is 1. The Morgan fingerprint density at radius 3 is 2.43 bits per heavy atom. The molecule has 1 unspecified atom stereocenters. The lowest BCUT2D eigenvalue weighted by Crippen LogP contribution is -2.36. The summed E-state index contributed by atoms with van der Waals surface area (Å²) in [6, 6.07) is 10.9. The predicted molar refractivity (Wildman–Crippen MR) is 110 cm³/mol. The van der Waals surface area contributed by atoms with Gasteiger partial charge in [0.1, 0.15) is 10.6 Å². The molecule has 1 aliphatic carbocycles. The van der Waals surface area contributed by atoms with E-state index in [0.717, 1.165) is 12.8 Å². The second kappa shape index (κ2) is 8.01. The molecule has 0 bridgehead atoms. The van der Waals surface area contributed by atoms with E-state index in [1.54, 1.807) is 42.3 Å². The number of ether oxygens (including phenoxy) is 1. The summed E-state index contributed by atoms with van der Waals surface area (Å²) >= 11 is 6.14. The molecule has 28 heavy (non-hydrogen) atoms. The minimum absolute atomic E-state index is 0.0513. The second-order valence-electron chi connectivity index (χ2n) is 6.97. The molecule has 2 aromatic carbocycles. The number of halogens is 1. The molecule has 1 aliphatic rings. The van der Waals surface area contributed by atoms with Crippen molar-refractivity contribution in [2.75, 3.05) is 18.9 Å². The fourth-order valence-electron chi connectivity index (χ4n) is 2.99. The van der Waals surface area contributed by atoms with Crippen molar-refractivity contribution >= 4 is 33.2 Å². The minimum atomic E-state index is -3.96. The van der Waals surface area contributed by atoms with E-state index >= 15 is 0 Å². The van der Waals surface area contributed by atoms with Gasteiger partial charge in [0, 0.05) is 24.3 Å². The molecular weight excluding hydrogens is 400 g/mol. The summed E-state index contributed by atoms with van der Waals surface area (Å²) in [6.45, 7) is 2.01. The van der Waals surface area contributed by atoms with Gasteiger partial charge in [0.15, 0.2) is 0 Å². The Morgan fingerprint density at radius 2 is 1.86 bits per heavy atom. The molecule has 0 saturated heterocycles. The summed E-state index contributed by atoms with van der Waals surface area (Å²) in [5.41, 5.74) is 0.655. The lowest BCUT2D eigenvalue weighted by molar-refractivity contribution is 0.0727. The molecule has 0 aromatic heterocycles. The smallest absolute Gasteiger partial charge is 0.263 e. The van der Waals surface area contributed by atoms with E-state index in [1.165, 1.54) is 19.2 Å². The summed E-state index contributed by atoms with van der Waals surface area (Å²) < 4.78 is 33.2. The van der Waals surface area contributed by atoms with Gasteiger partial charge in [-0.05, 0) is 68.1 Å². The molecule has 0 heterocycles. The van der Waals surface area contributed by atoms with Gasteiger partial charge < -0.3 is 9.64 Å². The topological polar surface area (TPSA) is 75.7 Å². The maximum absolute atomic E-state index is 12.8. The average Bonchev–Trinajstić information content (AvgIpc) is 3.52. The minimum Gasteiger partial charge on any atom is -0.497 e. The Hall–Kier alpha value is -2.25. The van der Waals surface area contributed by atoms with Gasteiger partial charge in [0.05, 0.1) is 12.1 Å². The zero-order valence-electron chi connectivity index (χ0n) is 16.0. The molecule has 3 rings (SSSR count). The van der Waals surface area contributed by atoms with Crippen LogP contribution in [-0.2, 0) is 10.0 Å². The first-order valence-corrected chi connectivity index (χ1v) is 10.8. The summed E-state index contributed by atoms with van der Waals surface area (Å²) in [6.07, 6.45) is 2.23. The van der Waals surface area contributed by atoms with E-state index in [1.807, 2.05) is 6.92 Å². The SMILES string of the molecule is COc1ccc(NS(=O)(=O)c2cc(C(=O)N(C)C(C)C3CC3)ccc2Cl)cc1. The summed E-state index contributed by atoms with van der Waals surface area (Å²) in [7, 11) is -0.693. The van der Waals surface area contributed by atoms with Crippen molar-refractivity contribution in [3.8, 4) is 5.75 Å². The van der Waals surface area contributed by atoms with E-state index in [0.29, 0.717) is 17.4 Å². The molecule has 1 atom stereocenters. The van der Waals surface area contributed by atoms with Crippen LogP contribution in [0.15, 0.2) is 47.4 Å². The number of carbonyl (C=O) groups is 1. The highest BCUT2D eigenvalue weighted by Gasteiger charge is 2.33. The van der Waals surface area contributed by atoms with Crippen molar-refractivity contribution in [1.82, 2.24) is 4.90 Å². The molecular formula is C20H23ClN2O4S. The highest BCUT2D eigenvalue weighted by Crippen LogP contribution is 2.35. The van der Waals surface area contributed by atoms with Crippen molar-refractivity contribution in [2.24, 2.45) is 5.92 Å². The number of anilines is 1. The molecule has 1 fully saturated rings. The first-order chi connectivity index (χ1) is 13.2. The second-order valence-corrected chi connectivity index (χ2v) is 9.03. The van der Waals surface area contributed by atoms with Crippen molar-refractivity contribution in [1.29, 1.82) is 0 Å². The lowest BCUT2D eigenvalue weighted by atomic mass is 10.1. The van der Waals surface area contributed by atoms with Gasteiger partial charge in [-0.25, -0.2) is 8.42 Å². The Kier molecular flexibility index (Phi) is 5.86. The number of carbonyl (C=O) groups excluding carboxylic acids is 1. The number of methoxy groups -OCH3 is 1. The molecule has 2 aromatic rings. The number of sulfonamides is 1. The molecule has 1 saturated carbocycles. The van der Waals surface area contributed by atoms with Gasteiger partial charge >= 0.3 is 0 Å². The largest absolute Gasteiger partial charge is 0.497 e. The van der Waals surface area contributed by atoms with E-state index in [4.69, 9.17) is 16.3 Å². The number of benzene rings is 2. The van der Waals surface area contributed by atoms with Crippen molar-refractivity contribution in [3.05, 3.63) is 53.1 Å². The molecule has 1 amide bonds. The highest BCUT2D eigenvalue weighted by atomic mass is 35.5. The molecule has 0 spiro atoms. The standard InChI is InChI=1S/C20H23ClN2O4S/c1-13(14-4-5-14)23(2)20(24)15-6-11-18(21)19(12-15)28(25,26)22-16-7-9-17(27-3)10-8-16/h6-14,22H,4-5H2,1-3H3. The first kappa shape index (κ1) is 20.5. The quantitative estimate of drug-likeness (QED) is 0.731. The molecule has 150 valence electrons. The van der Waals surface area contributed by atoms with Gasteiger partial charge in [-0.2, -0.15) is 0 Å². The maximum atomic E-state index is 12.8. The lowest BCUT2D eigenvalue weighted by Gasteiger charge is -2.25. The third kappa shape index (κ3) is 4.42. The summed E-state index contributed by atoms with van der Waals surface area (Å²) in [4.78, 5) is 14.3.